The first-order valence-corrected chi connectivity index (χ1v) is 13.0. The summed E-state index contributed by atoms with van der Waals surface area (Å²) >= 11 is 0. The van der Waals surface area contributed by atoms with E-state index in [0.29, 0.717) is 32.7 Å². The number of carbonyl (C=O) groups excluding carboxylic acids is 1. The molecule has 0 radical (unpaired) electrons. The number of piperazine rings is 1. The van der Waals surface area contributed by atoms with Gasteiger partial charge < -0.3 is 19.6 Å². The predicted octanol–water partition coefficient (Wildman–Crippen LogP) is 4.12. The molecule has 228 valence electrons. The van der Waals surface area contributed by atoms with Crippen molar-refractivity contribution in [2.24, 2.45) is 0 Å². The number of carbonyl (C=O) groups is 2. The van der Waals surface area contributed by atoms with Gasteiger partial charge in [0.05, 0.1) is 35.9 Å². The first-order valence-electron chi connectivity index (χ1n) is 13.0. The van der Waals surface area contributed by atoms with E-state index in [1.807, 2.05) is 35.3 Å². The summed E-state index contributed by atoms with van der Waals surface area (Å²) in [6.45, 7) is 2.15. The van der Waals surface area contributed by atoms with Gasteiger partial charge in [0.25, 0.3) is 5.91 Å². The molecule has 44 heavy (non-hydrogen) atoms. The monoisotopic (exact) mass is 614 g/mol. The van der Waals surface area contributed by atoms with Crippen molar-refractivity contribution in [3.05, 3.63) is 71.9 Å². The number of halogens is 5. The topological polar surface area (TPSA) is 155 Å². The zero-order valence-electron chi connectivity index (χ0n) is 22.7. The molecule has 3 aromatic heterocycles. The van der Waals surface area contributed by atoms with E-state index < -0.39 is 35.3 Å². The Labute approximate surface area is 246 Å². The second-order valence-electron chi connectivity index (χ2n) is 9.65. The van der Waals surface area contributed by atoms with Crippen LogP contribution in [0.1, 0.15) is 28.4 Å². The Morgan fingerprint density at radius 2 is 1.73 bits per heavy atom. The first kappa shape index (κ1) is 31.6. The fourth-order valence-corrected chi connectivity index (χ4v) is 4.68. The first-order chi connectivity index (χ1) is 20.9. The molecule has 1 aliphatic rings. The van der Waals surface area contributed by atoms with Gasteiger partial charge in [0.2, 0.25) is 0 Å². The molecule has 1 saturated heterocycles. The van der Waals surface area contributed by atoms with Crippen molar-refractivity contribution in [1.29, 1.82) is 10.5 Å². The highest BCUT2D eigenvalue weighted by molar-refractivity contribution is 5.95. The molecular weight excluding hydrogens is 591 g/mol. The molecule has 4 aromatic rings. The Balaban J connectivity index is 0.000000566. The highest BCUT2D eigenvalue weighted by atomic mass is 19.4. The number of rotatable bonds is 6. The van der Waals surface area contributed by atoms with Crippen LogP contribution in [0, 0.1) is 34.3 Å². The average Bonchev–Trinajstić information content (AvgIpc) is 3.67. The lowest BCUT2D eigenvalue weighted by Gasteiger charge is -2.36. The number of H-pyrrole nitrogens is 1. The molecule has 0 aliphatic carbocycles. The van der Waals surface area contributed by atoms with Crippen molar-refractivity contribution in [1.82, 2.24) is 29.3 Å². The van der Waals surface area contributed by atoms with E-state index in [1.54, 1.807) is 6.07 Å². The van der Waals surface area contributed by atoms with E-state index in [0.717, 1.165) is 34.4 Å². The molecule has 1 aromatic carbocycles. The Bertz CT molecular complexity index is 1720. The number of carboxylic acids is 1. The quantitative estimate of drug-likeness (QED) is 0.308. The van der Waals surface area contributed by atoms with Crippen molar-refractivity contribution in [2.45, 2.75) is 18.6 Å². The second-order valence-corrected chi connectivity index (χ2v) is 9.65. The minimum Gasteiger partial charge on any atom is -0.475 e. The van der Waals surface area contributed by atoms with Crippen molar-refractivity contribution in [3.8, 4) is 23.4 Å². The summed E-state index contributed by atoms with van der Waals surface area (Å²) < 4.78 is 62.4. The van der Waals surface area contributed by atoms with Crippen molar-refractivity contribution in [3.63, 3.8) is 0 Å². The number of amides is 1. The number of benzene rings is 1. The Morgan fingerprint density at radius 1 is 1.07 bits per heavy atom. The number of nitrogens with zero attached hydrogens (tertiary/aromatic N) is 7. The molecular formula is C28H23F5N8O3. The van der Waals surface area contributed by atoms with Crippen LogP contribution in [0.4, 0.5) is 22.0 Å². The van der Waals surface area contributed by atoms with Crippen LogP contribution in [0.2, 0.25) is 0 Å². The zero-order valence-corrected chi connectivity index (χ0v) is 22.7. The number of fused-ring (bicyclic) bond motifs is 1. The third-order valence-electron chi connectivity index (χ3n) is 6.85. The number of aliphatic carboxylic acids is 1. The normalized spacial score (nSPS) is 14.3. The zero-order chi connectivity index (χ0) is 32.0. The maximum atomic E-state index is 14.3. The van der Waals surface area contributed by atoms with Gasteiger partial charge in [-0.25, -0.2) is 23.5 Å². The van der Waals surface area contributed by atoms with Crippen LogP contribution in [-0.2, 0) is 4.79 Å². The summed E-state index contributed by atoms with van der Waals surface area (Å²) in [7, 11) is 0. The van der Waals surface area contributed by atoms with E-state index in [1.165, 1.54) is 11.2 Å². The number of alkyl halides is 3. The van der Waals surface area contributed by atoms with Crippen LogP contribution in [0.3, 0.4) is 0 Å². The molecule has 1 aliphatic heterocycles. The van der Waals surface area contributed by atoms with E-state index in [2.05, 4.69) is 25.9 Å². The number of hydrogen-bond acceptors (Lipinski definition) is 7. The number of aromatic amines is 1. The SMILES string of the molecule is N#CCC(CN1CCN(C(=O)c2c(F)cc(C#N)cc2F)CC1)n1ccc(-c2ncnc3[nH]ccc23)c1.O=C(O)C(F)(F)F. The smallest absolute Gasteiger partial charge is 0.475 e. The van der Waals surface area contributed by atoms with Crippen molar-refractivity contribution >= 4 is 22.9 Å². The van der Waals surface area contributed by atoms with E-state index in [9.17, 15) is 32.0 Å². The summed E-state index contributed by atoms with van der Waals surface area (Å²) in [5.74, 6) is -5.57. The summed E-state index contributed by atoms with van der Waals surface area (Å²) in [4.78, 5) is 37.0. The van der Waals surface area contributed by atoms with Gasteiger partial charge in [-0.2, -0.15) is 23.7 Å². The molecule has 11 nitrogen and oxygen atoms in total. The van der Waals surface area contributed by atoms with Gasteiger partial charge in [0.1, 0.15) is 29.2 Å². The van der Waals surface area contributed by atoms with Gasteiger partial charge in [-0.05, 0) is 24.3 Å². The number of aromatic nitrogens is 4. The van der Waals surface area contributed by atoms with Crippen LogP contribution >= 0.6 is 0 Å². The lowest BCUT2D eigenvalue weighted by molar-refractivity contribution is -0.192. The Kier molecular flexibility index (Phi) is 9.55. The third kappa shape index (κ3) is 7.16. The second kappa shape index (κ2) is 13.3. The van der Waals surface area contributed by atoms with Crippen LogP contribution in [0.25, 0.3) is 22.3 Å². The molecule has 0 saturated carbocycles. The number of hydrogen-bond donors (Lipinski definition) is 2. The van der Waals surface area contributed by atoms with Crippen LogP contribution in [-0.4, -0.2) is 85.2 Å². The number of carboxylic acid groups (broad SMARTS) is 1. The molecule has 1 amide bonds. The average molecular weight is 615 g/mol. The molecule has 2 N–H and O–H groups in total. The lowest BCUT2D eigenvalue weighted by atomic mass is 10.1. The molecule has 0 spiro atoms. The van der Waals surface area contributed by atoms with Crippen LogP contribution < -0.4 is 0 Å². The van der Waals surface area contributed by atoms with Crippen molar-refractivity contribution in [2.75, 3.05) is 32.7 Å². The third-order valence-corrected chi connectivity index (χ3v) is 6.85. The molecule has 1 unspecified atom stereocenters. The van der Waals surface area contributed by atoms with Crippen LogP contribution in [0.15, 0.2) is 49.2 Å². The standard InChI is InChI=1S/C26H22F2N8O.C2HF3O2/c27-21-11-17(13-30)12-22(28)23(21)26(37)35-9-7-34(8-10-35)15-19(1-4-29)36-6-3-18(14-36)24-20-2-5-31-25(20)33-16-32-24;3-2(4,5)1(6)7/h2-3,5-6,11-12,14,16,19H,1,7-10,15H2,(H,31,32,33);(H,6,7). The van der Waals surface area contributed by atoms with Gasteiger partial charge in [0, 0.05) is 62.3 Å². The van der Waals surface area contributed by atoms with Gasteiger partial charge in [0.15, 0.2) is 0 Å². The molecule has 16 heteroatoms. The van der Waals surface area contributed by atoms with Crippen LogP contribution in [0.5, 0.6) is 0 Å². The number of nitriles is 2. The largest absolute Gasteiger partial charge is 0.490 e. The highest BCUT2D eigenvalue weighted by Gasteiger charge is 2.38. The maximum Gasteiger partial charge on any atom is 0.490 e. The van der Waals surface area contributed by atoms with Gasteiger partial charge in [-0.3, -0.25) is 9.69 Å². The Morgan fingerprint density at radius 3 is 2.32 bits per heavy atom. The van der Waals surface area contributed by atoms with Gasteiger partial charge in [-0.15, -0.1) is 0 Å². The maximum absolute atomic E-state index is 14.3. The summed E-state index contributed by atoms with van der Waals surface area (Å²) in [6, 6.07) is 9.41. The molecule has 1 fully saturated rings. The Hall–Kier alpha value is -5.35. The summed E-state index contributed by atoms with van der Waals surface area (Å²) in [5.41, 5.74) is 1.65. The van der Waals surface area contributed by atoms with E-state index in [-0.39, 0.29) is 18.0 Å². The molecule has 5 rings (SSSR count). The van der Waals surface area contributed by atoms with E-state index in [4.69, 9.17) is 15.2 Å². The predicted molar refractivity (Wildman–Crippen MR) is 144 cm³/mol. The minimum atomic E-state index is -5.08. The summed E-state index contributed by atoms with van der Waals surface area (Å²) in [5, 5.41) is 26.3. The summed E-state index contributed by atoms with van der Waals surface area (Å²) in [6.07, 6.45) is 2.42. The lowest BCUT2D eigenvalue weighted by Crippen LogP contribution is -2.50. The molecule has 0 bridgehead atoms. The fraction of sp³-hybridized carbons (Fsp3) is 0.286. The van der Waals surface area contributed by atoms with Crippen molar-refractivity contribution < 1.29 is 36.6 Å². The van der Waals surface area contributed by atoms with E-state index >= 15 is 0 Å². The number of nitrogens with one attached hydrogen (secondary N) is 1. The van der Waals surface area contributed by atoms with Gasteiger partial charge >= 0.3 is 12.1 Å². The minimum absolute atomic E-state index is 0.127. The molecule has 1 atom stereocenters. The molecule has 4 heterocycles. The highest BCUT2D eigenvalue weighted by Crippen LogP contribution is 2.27. The van der Waals surface area contributed by atoms with Gasteiger partial charge in [-0.1, -0.05) is 0 Å². The fourth-order valence-electron chi connectivity index (χ4n) is 4.68.